The van der Waals surface area contributed by atoms with Crippen LogP contribution in [-0.4, -0.2) is 93.0 Å². The quantitative estimate of drug-likeness (QED) is 0.341. The number of carbonyl (C=O) groups excluding carboxylic acids is 1. The zero-order chi connectivity index (χ0) is 20.1. The Morgan fingerprint density at radius 1 is 1.32 bits per heavy atom. The summed E-state index contributed by atoms with van der Waals surface area (Å²) in [5.74, 6) is 0.885. The van der Waals surface area contributed by atoms with Gasteiger partial charge in [0.1, 0.15) is 5.60 Å². The number of hydrogen-bond donors (Lipinski definition) is 2. The summed E-state index contributed by atoms with van der Waals surface area (Å²) in [6, 6.07) is 0.0734. The first-order chi connectivity index (χ1) is 12.6. The van der Waals surface area contributed by atoms with Crippen molar-refractivity contribution in [2.24, 2.45) is 4.99 Å². The maximum Gasteiger partial charge on any atom is 0.407 e. The fraction of sp³-hybridized carbons (Fsp3) is 0.895. The molecule has 164 valence electrons. The monoisotopic (exact) mass is 511 g/mol. The highest BCUT2D eigenvalue weighted by Crippen LogP contribution is 2.25. The van der Waals surface area contributed by atoms with E-state index in [9.17, 15) is 4.79 Å². The van der Waals surface area contributed by atoms with Crippen LogP contribution in [0.5, 0.6) is 0 Å². The molecule has 0 aromatic rings. The Balaban J connectivity index is 0.00000392. The van der Waals surface area contributed by atoms with Gasteiger partial charge in [-0.3, -0.25) is 4.99 Å². The third-order valence-electron chi connectivity index (χ3n) is 5.37. The standard InChI is InChI=1S/C19H37N5O3.HI/c1-18(2,3)27-17(25)22-15-7-10-24(13-15)16(20-4)21-14-19(23(5)6)8-11-26-12-9-19;/h15H,7-14H2,1-6H3,(H,20,21)(H,22,25);1H. The second-order valence-electron chi connectivity index (χ2n) is 8.71. The SMILES string of the molecule is CN=C(NCC1(N(C)C)CCOCC1)N1CCC(NC(=O)OC(C)(C)C)C1.I. The van der Waals surface area contributed by atoms with E-state index in [1.54, 1.807) is 0 Å². The van der Waals surface area contributed by atoms with Crippen LogP contribution in [0, 0.1) is 0 Å². The second-order valence-corrected chi connectivity index (χ2v) is 8.71. The molecular formula is C19H38IN5O3. The number of nitrogens with one attached hydrogen (secondary N) is 2. The molecule has 0 aromatic carbocycles. The fourth-order valence-corrected chi connectivity index (χ4v) is 3.65. The molecule has 2 fully saturated rings. The Bertz CT molecular complexity index is 530. The molecule has 0 radical (unpaired) electrons. The molecular weight excluding hydrogens is 473 g/mol. The Morgan fingerprint density at radius 3 is 2.50 bits per heavy atom. The summed E-state index contributed by atoms with van der Waals surface area (Å²) in [4.78, 5) is 20.9. The summed E-state index contributed by atoms with van der Waals surface area (Å²) >= 11 is 0. The second kappa shape index (κ2) is 10.8. The van der Waals surface area contributed by atoms with Crippen molar-refractivity contribution >= 4 is 36.0 Å². The number of halogens is 1. The normalized spacial score (nSPS) is 22.6. The van der Waals surface area contributed by atoms with Crippen LogP contribution in [0.3, 0.4) is 0 Å². The van der Waals surface area contributed by atoms with E-state index in [1.807, 2.05) is 27.8 Å². The minimum atomic E-state index is -0.482. The average Bonchev–Trinajstić information content (AvgIpc) is 3.02. The van der Waals surface area contributed by atoms with E-state index in [1.165, 1.54) is 0 Å². The predicted octanol–water partition coefficient (Wildman–Crippen LogP) is 1.89. The summed E-state index contributed by atoms with van der Waals surface area (Å²) in [5, 5.41) is 6.52. The first kappa shape index (κ1) is 25.2. The summed E-state index contributed by atoms with van der Waals surface area (Å²) in [5.41, 5.74) is -0.397. The van der Waals surface area contributed by atoms with Gasteiger partial charge in [0.2, 0.25) is 0 Å². The van der Waals surface area contributed by atoms with Gasteiger partial charge in [-0.2, -0.15) is 0 Å². The number of guanidine groups is 1. The lowest BCUT2D eigenvalue weighted by molar-refractivity contribution is -0.00521. The molecule has 2 aliphatic heterocycles. The van der Waals surface area contributed by atoms with Crippen molar-refractivity contribution < 1.29 is 14.3 Å². The van der Waals surface area contributed by atoms with Gasteiger partial charge in [0, 0.05) is 45.4 Å². The highest BCUT2D eigenvalue weighted by molar-refractivity contribution is 14.0. The molecule has 28 heavy (non-hydrogen) atoms. The molecule has 1 amide bonds. The van der Waals surface area contributed by atoms with Crippen LogP contribution in [0.2, 0.25) is 0 Å². The maximum absolute atomic E-state index is 12.0. The summed E-state index contributed by atoms with van der Waals surface area (Å²) in [6.45, 7) is 9.63. The van der Waals surface area contributed by atoms with Gasteiger partial charge in [0.25, 0.3) is 0 Å². The van der Waals surface area contributed by atoms with E-state index in [2.05, 4.69) is 39.5 Å². The Morgan fingerprint density at radius 2 is 1.96 bits per heavy atom. The number of amides is 1. The summed E-state index contributed by atoms with van der Waals surface area (Å²) in [6.07, 6.45) is 2.54. The Hall–Kier alpha value is -0.810. The molecule has 0 spiro atoms. The average molecular weight is 511 g/mol. The highest BCUT2D eigenvalue weighted by atomic mass is 127. The van der Waals surface area contributed by atoms with Gasteiger partial charge < -0.3 is 29.9 Å². The van der Waals surface area contributed by atoms with E-state index < -0.39 is 5.60 Å². The molecule has 1 unspecified atom stereocenters. The van der Waals surface area contributed by atoms with Gasteiger partial charge >= 0.3 is 6.09 Å². The van der Waals surface area contributed by atoms with E-state index in [0.29, 0.717) is 0 Å². The minimum absolute atomic E-state index is 0. The molecule has 2 saturated heterocycles. The van der Waals surface area contributed by atoms with Gasteiger partial charge in [-0.15, -0.1) is 24.0 Å². The molecule has 8 nitrogen and oxygen atoms in total. The number of likely N-dealkylation sites (N-methyl/N-ethyl adjacent to an activating group) is 1. The van der Waals surface area contributed by atoms with Gasteiger partial charge in [-0.25, -0.2) is 4.79 Å². The Labute approximate surface area is 186 Å². The number of aliphatic imine (C=N–C) groups is 1. The molecule has 2 N–H and O–H groups in total. The van der Waals surface area contributed by atoms with Gasteiger partial charge in [0.05, 0.1) is 6.04 Å². The van der Waals surface area contributed by atoms with E-state index in [-0.39, 0.29) is 41.7 Å². The van der Waals surface area contributed by atoms with E-state index in [0.717, 1.165) is 58.1 Å². The maximum atomic E-state index is 12.0. The summed E-state index contributed by atoms with van der Waals surface area (Å²) < 4.78 is 10.9. The first-order valence-electron chi connectivity index (χ1n) is 9.85. The van der Waals surface area contributed by atoms with Crippen molar-refractivity contribution in [3.63, 3.8) is 0 Å². The molecule has 0 aliphatic carbocycles. The van der Waals surface area contributed by atoms with Crippen LogP contribution in [0.1, 0.15) is 40.0 Å². The highest BCUT2D eigenvalue weighted by Gasteiger charge is 2.36. The largest absolute Gasteiger partial charge is 0.444 e. The van der Waals surface area contributed by atoms with Crippen LogP contribution in [0.15, 0.2) is 4.99 Å². The number of nitrogens with zero attached hydrogens (tertiary/aromatic N) is 3. The van der Waals surface area contributed by atoms with Crippen LogP contribution >= 0.6 is 24.0 Å². The summed E-state index contributed by atoms with van der Waals surface area (Å²) in [7, 11) is 6.07. The van der Waals surface area contributed by atoms with Crippen LogP contribution in [0.25, 0.3) is 0 Å². The lowest BCUT2D eigenvalue weighted by atomic mass is 9.88. The zero-order valence-corrected chi connectivity index (χ0v) is 20.5. The third-order valence-corrected chi connectivity index (χ3v) is 5.37. The molecule has 0 bridgehead atoms. The third kappa shape index (κ3) is 7.22. The first-order valence-corrected chi connectivity index (χ1v) is 9.85. The van der Waals surface area contributed by atoms with Crippen molar-refractivity contribution in [3.05, 3.63) is 0 Å². The topological polar surface area (TPSA) is 78.4 Å². The van der Waals surface area contributed by atoms with E-state index >= 15 is 0 Å². The number of ether oxygens (including phenoxy) is 2. The number of rotatable bonds is 4. The molecule has 0 saturated carbocycles. The smallest absolute Gasteiger partial charge is 0.407 e. The van der Waals surface area contributed by atoms with Crippen molar-refractivity contribution in [2.45, 2.75) is 57.2 Å². The molecule has 0 aromatic heterocycles. The number of alkyl carbamates (subject to hydrolysis) is 1. The number of carbonyl (C=O) groups is 1. The van der Waals surface area contributed by atoms with Crippen LogP contribution in [-0.2, 0) is 9.47 Å². The van der Waals surface area contributed by atoms with Crippen molar-refractivity contribution in [1.29, 1.82) is 0 Å². The molecule has 2 rings (SSSR count). The number of hydrogen-bond acceptors (Lipinski definition) is 5. The van der Waals surface area contributed by atoms with Gasteiger partial charge in [0.15, 0.2) is 5.96 Å². The van der Waals surface area contributed by atoms with E-state index in [4.69, 9.17) is 9.47 Å². The molecule has 9 heteroatoms. The predicted molar refractivity (Wildman–Crippen MR) is 123 cm³/mol. The number of likely N-dealkylation sites (tertiary alicyclic amines) is 1. The van der Waals surface area contributed by atoms with Crippen molar-refractivity contribution in [3.8, 4) is 0 Å². The molecule has 2 aliphatic rings. The lowest BCUT2D eigenvalue weighted by Gasteiger charge is -2.43. The van der Waals surface area contributed by atoms with Crippen LogP contribution in [0.4, 0.5) is 4.79 Å². The van der Waals surface area contributed by atoms with Crippen molar-refractivity contribution in [2.75, 3.05) is 54.0 Å². The van der Waals surface area contributed by atoms with Crippen molar-refractivity contribution in [1.82, 2.24) is 20.4 Å². The zero-order valence-electron chi connectivity index (χ0n) is 18.2. The Kier molecular flexibility index (Phi) is 9.75. The molecule has 2 heterocycles. The van der Waals surface area contributed by atoms with Gasteiger partial charge in [-0.05, 0) is 54.1 Å². The minimum Gasteiger partial charge on any atom is -0.444 e. The fourth-order valence-electron chi connectivity index (χ4n) is 3.65. The van der Waals surface area contributed by atoms with Gasteiger partial charge in [-0.1, -0.05) is 0 Å². The van der Waals surface area contributed by atoms with Crippen LogP contribution < -0.4 is 10.6 Å². The lowest BCUT2D eigenvalue weighted by Crippen LogP contribution is -2.57. The molecule has 1 atom stereocenters.